The van der Waals surface area contributed by atoms with E-state index >= 15 is 0 Å². The van der Waals surface area contributed by atoms with Crippen LogP contribution < -0.4 is 3.27 Å². The fraction of sp³-hybridized carbons (Fsp3) is 0.400. The number of benzene rings is 1. The molecular formula is C10H16BiN. The fourth-order valence-corrected chi connectivity index (χ4v) is 2.24. The fourth-order valence-electron chi connectivity index (χ4n) is 1.08. The van der Waals surface area contributed by atoms with Crippen LogP contribution in [0.25, 0.3) is 0 Å². The zero-order chi connectivity index (χ0) is 8.97. The van der Waals surface area contributed by atoms with Crippen molar-refractivity contribution in [2.24, 2.45) is 0 Å². The SMILES string of the molecule is CCN(C)Cc1cccc[c]1[BiH2]. The van der Waals surface area contributed by atoms with Crippen molar-refractivity contribution in [2.75, 3.05) is 13.6 Å². The second kappa shape index (κ2) is 4.94. The molecule has 0 fully saturated rings. The molecule has 0 unspecified atom stereocenters. The molecule has 1 aromatic carbocycles. The van der Waals surface area contributed by atoms with Crippen LogP contribution in [0.2, 0.25) is 0 Å². The average molecular weight is 359 g/mol. The Hall–Kier alpha value is 0.0631. The second-order valence-corrected chi connectivity index (χ2v) is 5.45. The van der Waals surface area contributed by atoms with Crippen molar-refractivity contribution in [3.63, 3.8) is 0 Å². The van der Waals surface area contributed by atoms with Crippen molar-refractivity contribution >= 4 is 28.0 Å². The molecule has 2 heteroatoms. The third-order valence-corrected chi connectivity index (χ3v) is 4.22. The molecule has 0 atom stereocenters. The van der Waals surface area contributed by atoms with Crippen molar-refractivity contribution in [3.8, 4) is 0 Å². The van der Waals surface area contributed by atoms with Crippen LogP contribution in [0.3, 0.4) is 0 Å². The summed E-state index contributed by atoms with van der Waals surface area (Å²) in [5, 5.41) is 0. The molecule has 0 spiro atoms. The van der Waals surface area contributed by atoms with Gasteiger partial charge in [-0.05, 0) is 0 Å². The first-order valence-corrected chi connectivity index (χ1v) is 6.50. The van der Waals surface area contributed by atoms with E-state index < -0.39 is 0 Å². The van der Waals surface area contributed by atoms with Gasteiger partial charge < -0.3 is 0 Å². The van der Waals surface area contributed by atoms with Gasteiger partial charge >= 0.3 is 89.8 Å². The van der Waals surface area contributed by atoms with Crippen LogP contribution in [-0.2, 0) is 6.54 Å². The molecule has 1 rings (SSSR count). The van der Waals surface area contributed by atoms with Gasteiger partial charge in [-0.25, -0.2) is 0 Å². The van der Waals surface area contributed by atoms with Crippen molar-refractivity contribution in [1.29, 1.82) is 0 Å². The molecule has 0 saturated heterocycles. The van der Waals surface area contributed by atoms with Gasteiger partial charge in [0.15, 0.2) is 0 Å². The molecule has 0 saturated carbocycles. The number of rotatable bonds is 3. The van der Waals surface area contributed by atoms with Crippen molar-refractivity contribution in [3.05, 3.63) is 29.8 Å². The first kappa shape index (κ1) is 10.1. The summed E-state index contributed by atoms with van der Waals surface area (Å²) in [6.45, 7) is 4.42. The van der Waals surface area contributed by atoms with Gasteiger partial charge in [0.25, 0.3) is 0 Å². The molecule has 0 bridgehead atoms. The van der Waals surface area contributed by atoms with Gasteiger partial charge in [-0.15, -0.1) is 0 Å². The quantitative estimate of drug-likeness (QED) is 0.707. The Morgan fingerprint density at radius 3 is 2.58 bits per heavy atom. The molecule has 1 nitrogen and oxygen atoms in total. The molecule has 66 valence electrons. The topological polar surface area (TPSA) is 3.24 Å². The first-order valence-electron chi connectivity index (χ1n) is 4.26. The average Bonchev–Trinajstić information content (AvgIpc) is 2.09. The summed E-state index contributed by atoms with van der Waals surface area (Å²) >= 11 is 0.955. The van der Waals surface area contributed by atoms with E-state index in [0.717, 1.165) is 37.8 Å². The Morgan fingerprint density at radius 2 is 2.00 bits per heavy atom. The minimum absolute atomic E-state index is 0.955. The minimum atomic E-state index is 0.955. The molecule has 12 heavy (non-hydrogen) atoms. The van der Waals surface area contributed by atoms with Gasteiger partial charge in [-0.1, -0.05) is 0 Å². The van der Waals surface area contributed by atoms with E-state index in [-0.39, 0.29) is 0 Å². The van der Waals surface area contributed by atoms with Crippen molar-refractivity contribution in [1.82, 2.24) is 4.90 Å². The van der Waals surface area contributed by atoms with Crippen molar-refractivity contribution < 1.29 is 0 Å². The molecule has 0 aromatic heterocycles. The van der Waals surface area contributed by atoms with Gasteiger partial charge in [-0.2, -0.15) is 0 Å². The predicted octanol–water partition coefficient (Wildman–Crippen LogP) is 0.397. The summed E-state index contributed by atoms with van der Waals surface area (Å²) in [6, 6.07) is 8.74. The Morgan fingerprint density at radius 1 is 1.33 bits per heavy atom. The molecule has 0 amide bonds. The Labute approximate surface area is 89.6 Å². The summed E-state index contributed by atoms with van der Waals surface area (Å²) in [5.74, 6) is 0. The zero-order valence-electron chi connectivity index (χ0n) is 7.75. The van der Waals surface area contributed by atoms with E-state index in [2.05, 4.69) is 43.1 Å². The summed E-state index contributed by atoms with van der Waals surface area (Å²) in [5.41, 5.74) is 1.51. The van der Waals surface area contributed by atoms with E-state index in [9.17, 15) is 0 Å². The maximum atomic E-state index is 2.33. The van der Waals surface area contributed by atoms with E-state index in [0.29, 0.717) is 0 Å². The van der Waals surface area contributed by atoms with Gasteiger partial charge in [0, 0.05) is 0 Å². The van der Waals surface area contributed by atoms with Gasteiger partial charge in [0.05, 0.1) is 0 Å². The maximum absolute atomic E-state index is 2.33. The van der Waals surface area contributed by atoms with Gasteiger partial charge in [-0.3, -0.25) is 0 Å². The van der Waals surface area contributed by atoms with Crippen LogP contribution in [0.15, 0.2) is 24.3 Å². The number of nitrogens with zero attached hydrogens (tertiary/aromatic N) is 1. The van der Waals surface area contributed by atoms with E-state index in [4.69, 9.17) is 0 Å². The standard InChI is InChI=1S/C10H14N.Bi.2H/c1-3-11(2)9-10-7-5-4-6-8-10;;;/h4-7H,3,9H2,1-2H3;;;. The predicted molar refractivity (Wildman–Crippen MR) is 56.6 cm³/mol. The summed E-state index contributed by atoms with van der Waals surface area (Å²) in [4.78, 5) is 2.33. The first-order chi connectivity index (χ1) is 5.74. The Balaban J connectivity index is 2.69. The summed E-state index contributed by atoms with van der Waals surface area (Å²) in [7, 11) is 2.16. The van der Waals surface area contributed by atoms with E-state index in [1.165, 1.54) is 5.56 Å². The Kier molecular flexibility index (Phi) is 4.17. The molecular weight excluding hydrogens is 343 g/mol. The normalized spacial score (nSPS) is 10.7. The molecule has 0 radical (unpaired) electrons. The van der Waals surface area contributed by atoms with E-state index in [1.54, 1.807) is 3.27 Å². The third kappa shape index (κ3) is 2.84. The van der Waals surface area contributed by atoms with Crippen LogP contribution in [-0.4, -0.2) is 43.2 Å². The molecule has 1 aromatic rings. The van der Waals surface area contributed by atoms with Gasteiger partial charge in [0.2, 0.25) is 0 Å². The van der Waals surface area contributed by atoms with Crippen molar-refractivity contribution in [2.45, 2.75) is 13.5 Å². The zero-order valence-corrected chi connectivity index (χ0v) is 12.2. The number of hydrogen-bond donors (Lipinski definition) is 0. The monoisotopic (exact) mass is 359 g/mol. The van der Waals surface area contributed by atoms with Gasteiger partial charge in [0.1, 0.15) is 0 Å². The molecule has 0 heterocycles. The Bertz CT molecular complexity index is 247. The summed E-state index contributed by atoms with van der Waals surface area (Å²) in [6.07, 6.45) is 0. The third-order valence-electron chi connectivity index (χ3n) is 2.04. The van der Waals surface area contributed by atoms with Crippen LogP contribution in [0.4, 0.5) is 0 Å². The van der Waals surface area contributed by atoms with Crippen LogP contribution >= 0.6 is 0 Å². The molecule has 0 aliphatic rings. The molecule has 0 aliphatic heterocycles. The van der Waals surface area contributed by atoms with Crippen LogP contribution in [0.1, 0.15) is 12.5 Å². The van der Waals surface area contributed by atoms with E-state index in [1.807, 2.05) is 0 Å². The molecule has 0 N–H and O–H groups in total. The number of hydrogen-bond acceptors (Lipinski definition) is 1. The second-order valence-electron chi connectivity index (χ2n) is 3.03. The van der Waals surface area contributed by atoms with Crippen LogP contribution in [0.5, 0.6) is 0 Å². The summed E-state index contributed by atoms with van der Waals surface area (Å²) < 4.78 is 1.55. The molecule has 0 aliphatic carbocycles. The van der Waals surface area contributed by atoms with Crippen LogP contribution in [0, 0.1) is 0 Å².